The SMILES string of the molecule is C[B-]c1ccccc1.[Li+]. The molecule has 2 heteroatoms. The fraction of sp³-hybridized carbons (Fsp3) is 0.143. The van der Waals surface area contributed by atoms with E-state index in [-0.39, 0.29) is 18.9 Å². The number of hydrogen-bond donors (Lipinski definition) is 0. The van der Waals surface area contributed by atoms with Crippen molar-refractivity contribution in [3.05, 3.63) is 30.3 Å². The Bertz CT molecular complexity index is 150. The van der Waals surface area contributed by atoms with Gasteiger partial charge in [-0.05, 0) is 0 Å². The molecule has 0 fully saturated rings. The zero-order valence-corrected chi connectivity index (χ0v) is 5.96. The zero-order chi connectivity index (χ0) is 5.82. The molecule has 0 nitrogen and oxygen atoms in total. The van der Waals surface area contributed by atoms with Crippen LogP contribution < -0.4 is 24.3 Å². The van der Waals surface area contributed by atoms with E-state index in [2.05, 4.69) is 19.4 Å². The summed E-state index contributed by atoms with van der Waals surface area (Å²) in [6.07, 6.45) is 0. The predicted molar refractivity (Wildman–Crippen MR) is 37.7 cm³/mol. The first-order valence-electron chi connectivity index (χ1n) is 2.78. The zero-order valence-electron chi connectivity index (χ0n) is 5.96. The Hall–Kier alpha value is -0.118. The van der Waals surface area contributed by atoms with Gasteiger partial charge in [0.1, 0.15) is 0 Å². The second kappa shape index (κ2) is 4.73. The summed E-state index contributed by atoms with van der Waals surface area (Å²) in [7, 11) is 2.08. The van der Waals surface area contributed by atoms with Gasteiger partial charge in [-0.15, -0.1) is 12.1 Å². The molecule has 9 heavy (non-hydrogen) atoms. The van der Waals surface area contributed by atoms with Crippen LogP contribution >= 0.6 is 0 Å². The van der Waals surface area contributed by atoms with E-state index in [0.717, 1.165) is 0 Å². The van der Waals surface area contributed by atoms with Crippen LogP contribution in [0, 0.1) is 0 Å². The molecular weight excluding hydrogens is 102 g/mol. The summed E-state index contributed by atoms with van der Waals surface area (Å²) in [5.41, 5.74) is 1.28. The van der Waals surface area contributed by atoms with E-state index in [1.54, 1.807) is 0 Å². The second-order valence-corrected chi connectivity index (χ2v) is 1.70. The van der Waals surface area contributed by atoms with Gasteiger partial charge in [0.05, 0.1) is 0 Å². The van der Waals surface area contributed by atoms with Crippen molar-refractivity contribution in [2.45, 2.75) is 6.82 Å². The van der Waals surface area contributed by atoms with Crippen LogP contribution in [0.2, 0.25) is 6.82 Å². The Labute approximate surface area is 69.1 Å². The number of benzene rings is 1. The third-order valence-electron chi connectivity index (χ3n) is 1.13. The van der Waals surface area contributed by atoms with Gasteiger partial charge in [-0.1, -0.05) is 18.2 Å². The Morgan fingerprint density at radius 3 is 2.00 bits per heavy atom. The summed E-state index contributed by atoms with van der Waals surface area (Å²) in [6.45, 7) is 2.04. The van der Waals surface area contributed by atoms with Gasteiger partial charge < -0.3 is 7.28 Å². The van der Waals surface area contributed by atoms with Gasteiger partial charge in [0.15, 0.2) is 0 Å². The number of hydrogen-bond acceptors (Lipinski definition) is 0. The van der Waals surface area contributed by atoms with E-state index in [9.17, 15) is 0 Å². The largest absolute Gasteiger partial charge is 1.00 e. The van der Waals surface area contributed by atoms with Gasteiger partial charge in [0, 0.05) is 0 Å². The van der Waals surface area contributed by atoms with Gasteiger partial charge in [0.25, 0.3) is 0 Å². The standard InChI is InChI=1S/C7H8B.Li/c1-8-7-5-3-2-4-6-7;/h2-6H,1H3;/q-1;+1. The van der Waals surface area contributed by atoms with Crippen molar-refractivity contribution in [1.82, 2.24) is 0 Å². The van der Waals surface area contributed by atoms with Crippen LogP contribution in [-0.4, -0.2) is 7.28 Å². The molecule has 1 aromatic carbocycles. The third kappa shape index (κ3) is 2.79. The molecular formula is C7H8BLi. The summed E-state index contributed by atoms with van der Waals surface area (Å²) in [5, 5.41) is 0. The smallest absolute Gasteiger partial charge is 0.301 e. The molecule has 0 heterocycles. The molecule has 0 aromatic heterocycles. The van der Waals surface area contributed by atoms with Gasteiger partial charge in [-0.25, -0.2) is 6.82 Å². The van der Waals surface area contributed by atoms with E-state index in [1.807, 2.05) is 25.0 Å². The molecule has 0 spiro atoms. The van der Waals surface area contributed by atoms with Gasteiger partial charge in [0.2, 0.25) is 0 Å². The van der Waals surface area contributed by atoms with E-state index < -0.39 is 0 Å². The molecule has 1 aromatic rings. The van der Waals surface area contributed by atoms with Crippen LogP contribution in [0.4, 0.5) is 0 Å². The van der Waals surface area contributed by atoms with Crippen molar-refractivity contribution >= 4 is 12.7 Å². The van der Waals surface area contributed by atoms with Crippen LogP contribution in [0.3, 0.4) is 0 Å². The molecule has 0 bridgehead atoms. The van der Waals surface area contributed by atoms with Gasteiger partial charge >= 0.3 is 18.9 Å². The van der Waals surface area contributed by atoms with Crippen LogP contribution in [0.1, 0.15) is 0 Å². The Morgan fingerprint density at radius 2 is 1.67 bits per heavy atom. The second-order valence-electron chi connectivity index (χ2n) is 1.70. The first kappa shape index (κ1) is 8.88. The fourth-order valence-corrected chi connectivity index (χ4v) is 0.645. The molecule has 0 atom stereocenters. The van der Waals surface area contributed by atoms with Crippen molar-refractivity contribution in [3.63, 3.8) is 0 Å². The first-order valence-corrected chi connectivity index (χ1v) is 2.78. The third-order valence-corrected chi connectivity index (χ3v) is 1.13. The summed E-state index contributed by atoms with van der Waals surface area (Å²) in [6, 6.07) is 10.3. The van der Waals surface area contributed by atoms with Crippen molar-refractivity contribution in [2.75, 3.05) is 0 Å². The average Bonchev–Trinajstić information content (AvgIpc) is 1.90. The molecule has 0 aliphatic carbocycles. The van der Waals surface area contributed by atoms with Crippen molar-refractivity contribution in [3.8, 4) is 0 Å². The van der Waals surface area contributed by atoms with Crippen molar-refractivity contribution < 1.29 is 18.9 Å². The molecule has 0 saturated heterocycles. The minimum absolute atomic E-state index is 0. The van der Waals surface area contributed by atoms with E-state index in [0.29, 0.717) is 0 Å². The van der Waals surface area contributed by atoms with E-state index in [1.165, 1.54) is 5.46 Å². The van der Waals surface area contributed by atoms with E-state index >= 15 is 0 Å². The first-order chi connectivity index (χ1) is 3.93. The molecule has 0 amide bonds. The van der Waals surface area contributed by atoms with Gasteiger partial charge in [-0.2, -0.15) is 0 Å². The maximum absolute atomic E-state index is 2.08. The maximum atomic E-state index is 2.08. The molecule has 2 radical (unpaired) electrons. The summed E-state index contributed by atoms with van der Waals surface area (Å²) in [4.78, 5) is 0. The molecule has 0 N–H and O–H groups in total. The summed E-state index contributed by atoms with van der Waals surface area (Å²) >= 11 is 0. The topological polar surface area (TPSA) is 0 Å². The Morgan fingerprint density at radius 1 is 1.11 bits per heavy atom. The summed E-state index contributed by atoms with van der Waals surface area (Å²) in [5.74, 6) is 0. The minimum Gasteiger partial charge on any atom is -0.301 e. The molecule has 0 saturated carbocycles. The minimum atomic E-state index is 0. The van der Waals surface area contributed by atoms with Crippen LogP contribution in [0.15, 0.2) is 30.3 Å². The van der Waals surface area contributed by atoms with E-state index in [4.69, 9.17) is 0 Å². The van der Waals surface area contributed by atoms with Gasteiger partial charge in [-0.3, -0.25) is 5.46 Å². The average molecular weight is 110 g/mol. The fourth-order valence-electron chi connectivity index (χ4n) is 0.645. The molecule has 0 aliphatic heterocycles. The van der Waals surface area contributed by atoms with Crippen LogP contribution in [0.25, 0.3) is 0 Å². The molecule has 1 rings (SSSR count). The van der Waals surface area contributed by atoms with Crippen molar-refractivity contribution in [2.24, 2.45) is 0 Å². The quantitative estimate of drug-likeness (QED) is 0.369. The molecule has 0 unspecified atom stereocenters. The predicted octanol–water partition coefficient (Wildman–Crippen LogP) is -1.93. The number of rotatable bonds is 1. The molecule has 0 aliphatic rings. The summed E-state index contributed by atoms with van der Waals surface area (Å²) < 4.78 is 0. The van der Waals surface area contributed by atoms with Crippen LogP contribution in [-0.2, 0) is 0 Å². The Balaban J connectivity index is 0.000000640. The van der Waals surface area contributed by atoms with Crippen LogP contribution in [0.5, 0.6) is 0 Å². The molecule has 40 valence electrons. The Kier molecular flexibility index (Phi) is 4.67. The maximum Gasteiger partial charge on any atom is 1.00 e. The van der Waals surface area contributed by atoms with Crippen molar-refractivity contribution in [1.29, 1.82) is 0 Å². The normalized spacial score (nSPS) is 8.11. The monoisotopic (exact) mass is 110 g/mol.